The standard InChI is InChI=1S/C15H11ClF2O2/c16-12-4-2-1-3-11(12)8-20-9-15(19)10-5-6-13(17)14(18)7-10/h1-7H,8-9H2. The number of carbonyl (C=O) groups excluding carboxylic acids is 1. The number of ketones is 1. The van der Waals surface area contributed by atoms with E-state index in [1.165, 1.54) is 6.07 Å². The van der Waals surface area contributed by atoms with Gasteiger partial charge in [-0.1, -0.05) is 29.8 Å². The molecule has 5 heteroatoms. The normalized spacial score (nSPS) is 10.6. The first-order valence-corrected chi connectivity index (χ1v) is 6.25. The van der Waals surface area contributed by atoms with E-state index in [-0.39, 0.29) is 18.8 Å². The molecule has 0 amide bonds. The fourth-order valence-electron chi connectivity index (χ4n) is 1.62. The minimum Gasteiger partial charge on any atom is -0.369 e. The van der Waals surface area contributed by atoms with Crippen molar-refractivity contribution in [3.05, 3.63) is 70.2 Å². The van der Waals surface area contributed by atoms with E-state index in [1.54, 1.807) is 18.2 Å². The Kier molecular flexibility index (Phi) is 4.82. The van der Waals surface area contributed by atoms with Gasteiger partial charge in [0.25, 0.3) is 0 Å². The minimum atomic E-state index is -1.05. The molecule has 0 aliphatic heterocycles. The van der Waals surface area contributed by atoms with E-state index in [4.69, 9.17) is 16.3 Å². The number of ether oxygens (including phenoxy) is 1. The van der Waals surface area contributed by atoms with Crippen molar-refractivity contribution in [3.63, 3.8) is 0 Å². The highest BCUT2D eigenvalue weighted by Crippen LogP contribution is 2.16. The highest BCUT2D eigenvalue weighted by Gasteiger charge is 2.10. The lowest BCUT2D eigenvalue weighted by atomic mass is 10.1. The number of halogens is 3. The summed E-state index contributed by atoms with van der Waals surface area (Å²) in [5, 5.41) is 0.549. The van der Waals surface area contributed by atoms with E-state index in [0.29, 0.717) is 5.02 Å². The minimum absolute atomic E-state index is 0.0723. The smallest absolute Gasteiger partial charge is 0.188 e. The monoisotopic (exact) mass is 296 g/mol. The van der Waals surface area contributed by atoms with Crippen LogP contribution in [0.4, 0.5) is 8.78 Å². The Morgan fingerprint density at radius 2 is 1.85 bits per heavy atom. The zero-order chi connectivity index (χ0) is 14.5. The quantitative estimate of drug-likeness (QED) is 0.779. The van der Waals surface area contributed by atoms with Gasteiger partial charge in [-0.05, 0) is 29.8 Å². The molecule has 0 aromatic heterocycles. The third-order valence-corrected chi connectivity index (χ3v) is 3.06. The van der Waals surface area contributed by atoms with Crippen molar-refractivity contribution in [1.82, 2.24) is 0 Å². The lowest BCUT2D eigenvalue weighted by Gasteiger charge is -2.06. The molecule has 0 atom stereocenters. The third-order valence-electron chi connectivity index (χ3n) is 2.69. The van der Waals surface area contributed by atoms with Gasteiger partial charge in [0.05, 0.1) is 6.61 Å². The molecule has 0 bridgehead atoms. The summed E-state index contributed by atoms with van der Waals surface area (Å²) < 4.78 is 31.0. The lowest BCUT2D eigenvalue weighted by Crippen LogP contribution is -2.10. The van der Waals surface area contributed by atoms with Gasteiger partial charge in [-0.2, -0.15) is 0 Å². The molecular formula is C15H11ClF2O2. The Bertz CT molecular complexity index is 629. The van der Waals surface area contributed by atoms with Crippen LogP contribution in [0.3, 0.4) is 0 Å². The molecule has 0 heterocycles. The maximum Gasteiger partial charge on any atom is 0.188 e. The van der Waals surface area contributed by atoms with Crippen molar-refractivity contribution in [3.8, 4) is 0 Å². The van der Waals surface area contributed by atoms with Crippen LogP contribution < -0.4 is 0 Å². The fraction of sp³-hybridized carbons (Fsp3) is 0.133. The third kappa shape index (κ3) is 3.62. The number of carbonyl (C=O) groups is 1. The molecule has 0 radical (unpaired) electrons. The summed E-state index contributed by atoms with van der Waals surface area (Å²) in [6.45, 7) is -0.0502. The van der Waals surface area contributed by atoms with Crippen LogP contribution in [-0.2, 0) is 11.3 Å². The van der Waals surface area contributed by atoms with Crippen LogP contribution in [-0.4, -0.2) is 12.4 Å². The maximum atomic E-state index is 13.0. The van der Waals surface area contributed by atoms with Crippen molar-refractivity contribution in [2.75, 3.05) is 6.61 Å². The number of Topliss-reactive ketones (excluding diaryl/α,β-unsaturated/α-hetero) is 1. The molecule has 104 valence electrons. The molecular weight excluding hydrogens is 286 g/mol. The van der Waals surface area contributed by atoms with Crippen molar-refractivity contribution >= 4 is 17.4 Å². The molecule has 0 saturated carbocycles. The van der Waals surface area contributed by atoms with Gasteiger partial charge in [0.15, 0.2) is 17.4 Å². The average Bonchev–Trinajstić information content (AvgIpc) is 2.44. The number of hydrogen-bond donors (Lipinski definition) is 0. The second-order valence-corrected chi connectivity index (χ2v) is 4.54. The number of rotatable bonds is 5. The van der Waals surface area contributed by atoms with E-state index < -0.39 is 17.4 Å². The summed E-state index contributed by atoms with van der Waals surface area (Å²) in [5.41, 5.74) is 0.829. The van der Waals surface area contributed by atoms with Gasteiger partial charge in [-0.3, -0.25) is 4.79 Å². The summed E-state index contributed by atoms with van der Waals surface area (Å²) in [4.78, 5) is 11.7. The number of benzene rings is 2. The summed E-state index contributed by atoms with van der Waals surface area (Å²) in [6, 6.07) is 10.1. The summed E-state index contributed by atoms with van der Waals surface area (Å²) in [6.07, 6.45) is 0. The second-order valence-electron chi connectivity index (χ2n) is 4.14. The molecule has 0 N–H and O–H groups in total. The predicted octanol–water partition coefficient (Wildman–Crippen LogP) is 4.02. The molecule has 2 aromatic carbocycles. The maximum absolute atomic E-state index is 13.0. The molecule has 0 unspecified atom stereocenters. The van der Waals surface area contributed by atoms with Crippen LogP contribution in [0.25, 0.3) is 0 Å². The SMILES string of the molecule is O=C(COCc1ccccc1Cl)c1ccc(F)c(F)c1. The molecule has 2 rings (SSSR count). The van der Waals surface area contributed by atoms with E-state index in [1.807, 2.05) is 6.07 Å². The van der Waals surface area contributed by atoms with E-state index in [0.717, 1.165) is 17.7 Å². The molecule has 0 saturated heterocycles. The van der Waals surface area contributed by atoms with Gasteiger partial charge < -0.3 is 4.74 Å². The molecule has 0 aliphatic carbocycles. The van der Waals surface area contributed by atoms with Crippen molar-refractivity contribution < 1.29 is 18.3 Å². The number of hydrogen-bond acceptors (Lipinski definition) is 2. The van der Waals surface area contributed by atoms with Gasteiger partial charge >= 0.3 is 0 Å². The van der Waals surface area contributed by atoms with Gasteiger partial charge in [0.1, 0.15) is 6.61 Å². The van der Waals surface area contributed by atoms with Gasteiger partial charge in [-0.25, -0.2) is 8.78 Å². The van der Waals surface area contributed by atoms with Crippen LogP contribution in [0.5, 0.6) is 0 Å². The van der Waals surface area contributed by atoms with Crippen LogP contribution in [0, 0.1) is 11.6 Å². The van der Waals surface area contributed by atoms with Crippen LogP contribution in [0.1, 0.15) is 15.9 Å². The molecule has 2 nitrogen and oxygen atoms in total. The molecule has 0 fully saturated rings. The average molecular weight is 297 g/mol. The Morgan fingerprint density at radius 3 is 2.55 bits per heavy atom. The van der Waals surface area contributed by atoms with Gasteiger partial charge in [0, 0.05) is 10.6 Å². The Morgan fingerprint density at radius 1 is 1.10 bits per heavy atom. The topological polar surface area (TPSA) is 26.3 Å². The van der Waals surface area contributed by atoms with Crippen molar-refractivity contribution in [2.24, 2.45) is 0 Å². The highest BCUT2D eigenvalue weighted by atomic mass is 35.5. The van der Waals surface area contributed by atoms with Gasteiger partial charge in [0.2, 0.25) is 0 Å². The molecule has 2 aromatic rings. The summed E-state index contributed by atoms with van der Waals surface area (Å²) in [5.74, 6) is -2.46. The molecule has 20 heavy (non-hydrogen) atoms. The van der Waals surface area contributed by atoms with Crippen molar-refractivity contribution in [1.29, 1.82) is 0 Å². The zero-order valence-corrected chi connectivity index (χ0v) is 11.2. The zero-order valence-electron chi connectivity index (χ0n) is 10.4. The van der Waals surface area contributed by atoms with Crippen LogP contribution >= 0.6 is 11.6 Å². The predicted molar refractivity (Wildman–Crippen MR) is 71.8 cm³/mol. The Balaban J connectivity index is 1.92. The second kappa shape index (κ2) is 6.59. The summed E-state index contributed by atoms with van der Waals surface area (Å²) >= 11 is 5.94. The summed E-state index contributed by atoms with van der Waals surface area (Å²) in [7, 11) is 0. The molecule has 0 spiro atoms. The largest absolute Gasteiger partial charge is 0.369 e. The Labute approximate surface area is 119 Å². The fourth-order valence-corrected chi connectivity index (χ4v) is 1.81. The van der Waals surface area contributed by atoms with Crippen LogP contribution in [0.15, 0.2) is 42.5 Å². The lowest BCUT2D eigenvalue weighted by molar-refractivity contribution is 0.0726. The first-order chi connectivity index (χ1) is 9.58. The van der Waals surface area contributed by atoms with Crippen molar-refractivity contribution in [2.45, 2.75) is 6.61 Å². The molecule has 0 aliphatic rings. The van der Waals surface area contributed by atoms with Crippen LogP contribution in [0.2, 0.25) is 5.02 Å². The van der Waals surface area contributed by atoms with E-state index in [2.05, 4.69) is 0 Å². The first kappa shape index (κ1) is 14.6. The van der Waals surface area contributed by atoms with E-state index in [9.17, 15) is 13.6 Å². The van der Waals surface area contributed by atoms with Gasteiger partial charge in [-0.15, -0.1) is 0 Å². The first-order valence-electron chi connectivity index (χ1n) is 5.87. The Hall–Kier alpha value is -1.78. The highest BCUT2D eigenvalue weighted by molar-refractivity contribution is 6.31. The van der Waals surface area contributed by atoms with E-state index >= 15 is 0 Å².